The van der Waals surface area contributed by atoms with Crippen LogP contribution in [0.15, 0.2) is 28.7 Å². The van der Waals surface area contributed by atoms with E-state index in [-0.39, 0.29) is 0 Å². The number of oxazole rings is 1. The molecule has 2 aromatic rings. The summed E-state index contributed by atoms with van der Waals surface area (Å²) in [5.74, 6) is 1.66. The molecule has 1 fully saturated rings. The average molecular weight is 312 g/mol. The summed E-state index contributed by atoms with van der Waals surface area (Å²) >= 11 is 0. The first-order valence-corrected chi connectivity index (χ1v) is 7.78. The molecule has 1 saturated heterocycles. The van der Waals surface area contributed by atoms with E-state index in [0.717, 1.165) is 38.3 Å². The second-order valence-electron chi connectivity index (χ2n) is 5.41. The Balaban J connectivity index is 1.91. The third kappa shape index (κ3) is 3.01. The van der Waals surface area contributed by atoms with Gasteiger partial charge in [-0.15, -0.1) is 0 Å². The number of nitrogens with zero attached hydrogens (tertiary/aromatic N) is 4. The van der Waals surface area contributed by atoms with Gasteiger partial charge in [-0.3, -0.25) is 0 Å². The molecule has 3 rings (SSSR count). The lowest BCUT2D eigenvalue weighted by Crippen LogP contribution is -2.46. The number of ether oxygens (including phenoxy) is 1. The van der Waals surface area contributed by atoms with Crippen LogP contribution in [0.3, 0.4) is 0 Å². The summed E-state index contributed by atoms with van der Waals surface area (Å²) in [4.78, 5) is 8.83. The Morgan fingerprint density at radius 3 is 2.65 bits per heavy atom. The van der Waals surface area contributed by atoms with Crippen LogP contribution in [-0.2, 0) is 0 Å². The van der Waals surface area contributed by atoms with Gasteiger partial charge in [0.05, 0.1) is 12.7 Å². The number of methoxy groups -OCH3 is 1. The third-order valence-corrected chi connectivity index (χ3v) is 4.16. The largest absolute Gasteiger partial charge is 0.496 e. The molecule has 0 bridgehead atoms. The van der Waals surface area contributed by atoms with Gasteiger partial charge >= 0.3 is 0 Å². The minimum absolute atomic E-state index is 0.329. The zero-order valence-electron chi connectivity index (χ0n) is 13.5. The van der Waals surface area contributed by atoms with Crippen LogP contribution in [-0.4, -0.2) is 49.7 Å². The van der Waals surface area contributed by atoms with Crippen LogP contribution in [0.2, 0.25) is 0 Å². The van der Waals surface area contributed by atoms with Crippen LogP contribution in [0.4, 0.5) is 5.88 Å². The molecule has 1 aliphatic rings. The van der Waals surface area contributed by atoms with Crippen molar-refractivity contribution in [2.24, 2.45) is 0 Å². The molecule has 2 heterocycles. The van der Waals surface area contributed by atoms with Crippen molar-refractivity contribution in [1.29, 1.82) is 5.26 Å². The molecule has 0 saturated carbocycles. The highest BCUT2D eigenvalue weighted by Crippen LogP contribution is 2.33. The van der Waals surface area contributed by atoms with Gasteiger partial charge < -0.3 is 19.0 Å². The van der Waals surface area contributed by atoms with Crippen LogP contribution in [0, 0.1) is 11.3 Å². The topological polar surface area (TPSA) is 65.5 Å². The van der Waals surface area contributed by atoms with Gasteiger partial charge in [0, 0.05) is 26.2 Å². The van der Waals surface area contributed by atoms with Gasteiger partial charge in [0.15, 0.2) is 0 Å². The Morgan fingerprint density at radius 2 is 2.00 bits per heavy atom. The summed E-state index contributed by atoms with van der Waals surface area (Å²) < 4.78 is 11.3. The van der Waals surface area contributed by atoms with Crippen molar-refractivity contribution in [1.82, 2.24) is 9.88 Å². The van der Waals surface area contributed by atoms with E-state index in [1.54, 1.807) is 7.11 Å². The fourth-order valence-corrected chi connectivity index (χ4v) is 2.80. The number of piperazine rings is 1. The number of benzene rings is 1. The van der Waals surface area contributed by atoms with Crippen LogP contribution >= 0.6 is 0 Å². The van der Waals surface area contributed by atoms with E-state index in [1.165, 1.54) is 0 Å². The van der Waals surface area contributed by atoms with Crippen molar-refractivity contribution in [2.75, 3.05) is 44.7 Å². The Hall–Kier alpha value is -2.52. The van der Waals surface area contributed by atoms with Gasteiger partial charge in [0.25, 0.3) is 0 Å². The maximum Gasteiger partial charge on any atom is 0.235 e. The lowest BCUT2D eigenvalue weighted by Gasteiger charge is -2.33. The Morgan fingerprint density at radius 1 is 1.26 bits per heavy atom. The fourth-order valence-electron chi connectivity index (χ4n) is 2.80. The van der Waals surface area contributed by atoms with Gasteiger partial charge in [-0.25, -0.2) is 0 Å². The number of likely N-dealkylation sites (N-methyl/N-ethyl adjacent to an activating group) is 1. The number of hydrogen-bond acceptors (Lipinski definition) is 6. The van der Waals surface area contributed by atoms with Crippen molar-refractivity contribution < 1.29 is 9.15 Å². The van der Waals surface area contributed by atoms with E-state index >= 15 is 0 Å². The molecule has 6 heteroatoms. The SMILES string of the molecule is CCN1CCN(c2oc(-c3ccccc3OC)nc2C#N)CC1. The first-order chi connectivity index (χ1) is 11.3. The molecule has 1 aromatic heterocycles. The van der Waals surface area contributed by atoms with E-state index < -0.39 is 0 Å². The summed E-state index contributed by atoms with van der Waals surface area (Å²) in [5, 5.41) is 9.39. The Labute approximate surface area is 135 Å². The maximum absolute atomic E-state index is 9.39. The number of anilines is 1. The van der Waals surface area contributed by atoms with Crippen LogP contribution in [0.5, 0.6) is 5.75 Å². The minimum Gasteiger partial charge on any atom is -0.496 e. The van der Waals surface area contributed by atoms with Crippen molar-refractivity contribution in [3.63, 3.8) is 0 Å². The fraction of sp³-hybridized carbons (Fsp3) is 0.412. The van der Waals surface area contributed by atoms with Gasteiger partial charge in [-0.05, 0) is 18.7 Å². The summed E-state index contributed by atoms with van der Waals surface area (Å²) in [5.41, 5.74) is 1.08. The molecule has 0 spiro atoms. The second-order valence-corrected chi connectivity index (χ2v) is 5.41. The highest BCUT2D eigenvalue weighted by atomic mass is 16.5. The number of para-hydroxylation sites is 1. The van der Waals surface area contributed by atoms with Crippen molar-refractivity contribution in [3.05, 3.63) is 30.0 Å². The van der Waals surface area contributed by atoms with Gasteiger partial charge in [0.1, 0.15) is 11.8 Å². The third-order valence-electron chi connectivity index (χ3n) is 4.16. The number of rotatable bonds is 4. The predicted octanol–water partition coefficient (Wildman–Crippen LogP) is 2.36. The van der Waals surface area contributed by atoms with Crippen molar-refractivity contribution >= 4 is 5.88 Å². The Bertz CT molecular complexity index is 712. The lowest BCUT2D eigenvalue weighted by atomic mass is 10.2. The first-order valence-electron chi connectivity index (χ1n) is 7.78. The molecule has 0 radical (unpaired) electrons. The molecule has 1 aromatic carbocycles. The lowest BCUT2D eigenvalue weighted by molar-refractivity contribution is 0.266. The number of hydrogen-bond donors (Lipinski definition) is 0. The molecule has 0 N–H and O–H groups in total. The van der Waals surface area contributed by atoms with Crippen LogP contribution < -0.4 is 9.64 Å². The monoisotopic (exact) mass is 312 g/mol. The predicted molar refractivity (Wildman–Crippen MR) is 87.5 cm³/mol. The average Bonchev–Trinajstić information content (AvgIpc) is 3.06. The van der Waals surface area contributed by atoms with Gasteiger partial charge in [-0.2, -0.15) is 10.2 Å². The van der Waals surface area contributed by atoms with E-state index in [4.69, 9.17) is 9.15 Å². The quantitative estimate of drug-likeness (QED) is 0.863. The van der Waals surface area contributed by atoms with Crippen LogP contribution in [0.25, 0.3) is 11.5 Å². The van der Waals surface area contributed by atoms with Gasteiger partial charge in [0.2, 0.25) is 17.5 Å². The summed E-state index contributed by atoms with van der Waals surface area (Å²) in [7, 11) is 1.61. The molecule has 0 amide bonds. The van der Waals surface area contributed by atoms with Crippen LogP contribution in [0.1, 0.15) is 12.6 Å². The Kier molecular flexibility index (Phi) is 4.49. The molecule has 6 nitrogen and oxygen atoms in total. The number of nitriles is 1. The molecular weight excluding hydrogens is 292 g/mol. The molecular formula is C17H20N4O2. The highest BCUT2D eigenvalue weighted by Gasteiger charge is 2.24. The van der Waals surface area contributed by atoms with E-state index in [0.29, 0.717) is 23.2 Å². The molecule has 23 heavy (non-hydrogen) atoms. The smallest absolute Gasteiger partial charge is 0.235 e. The summed E-state index contributed by atoms with van der Waals surface area (Å²) in [6.07, 6.45) is 0. The molecule has 0 aliphatic carbocycles. The summed E-state index contributed by atoms with van der Waals surface area (Å²) in [6.45, 7) is 6.80. The van der Waals surface area contributed by atoms with E-state index in [2.05, 4.69) is 27.8 Å². The standard InChI is InChI=1S/C17H20N4O2/c1-3-20-8-10-21(11-9-20)17-14(12-18)19-16(23-17)13-6-4-5-7-15(13)22-2/h4-7H,3,8-11H2,1-2H3. The molecule has 0 atom stereocenters. The van der Waals surface area contributed by atoms with Crippen molar-refractivity contribution in [3.8, 4) is 23.3 Å². The molecule has 120 valence electrons. The zero-order chi connectivity index (χ0) is 16.2. The highest BCUT2D eigenvalue weighted by molar-refractivity contribution is 5.65. The molecule has 0 unspecified atom stereocenters. The van der Waals surface area contributed by atoms with E-state index in [1.807, 2.05) is 24.3 Å². The second kappa shape index (κ2) is 6.71. The minimum atomic E-state index is 0.329. The summed E-state index contributed by atoms with van der Waals surface area (Å²) in [6, 6.07) is 9.66. The number of aromatic nitrogens is 1. The normalized spacial score (nSPS) is 15.4. The van der Waals surface area contributed by atoms with Gasteiger partial charge in [-0.1, -0.05) is 19.1 Å². The van der Waals surface area contributed by atoms with Crippen molar-refractivity contribution in [2.45, 2.75) is 6.92 Å². The maximum atomic E-state index is 9.39. The van der Waals surface area contributed by atoms with E-state index in [9.17, 15) is 5.26 Å². The first kappa shape index (κ1) is 15.4. The molecule has 1 aliphatic heterocycles. The zero-order valence-corrected chi connectivity index (χ0v) is 13.5.